The maximum atomic E-state index is 12.3. The Bertz CT molecular complexity index is 1140. The number of hydrazone groups is 1. The van der Waals surface area contributed by atoms with Gasteiger partial charge in [0.15, 0.2) is 0 Å². The molecular formula is C24H20N4O2. The summed E-state index contributed by atoms with van der Waals surface area (Å²) in [4.78, 5) is 12.3. The molecule has 0 saturated carbocycles. The van der Waals surface area contributed by atoms with Gasteiger partial charge in [0, 0.05) is 11.1 Å². The Kier molecular flexibility index (Phi) is 5.96. The standard InChI is InChI=1S/C24H20N4O2/c29-24(22-15-21(26-27-22)19-11-5-2-6-12-19)28-25-16-20-13-7-8-14-23(20)30-17-18-9-3-1-4-10-18/h1-16H,17H2,(H,26,27)(H,28,29)/b25-16-. The normalized spacial score (nSPS) is 10.8. The van der Waals surface area contributed by atoms with Gasteiger partial charge in [0.05, 0.1) is 11.9 Å². The molecule has 4 rings (SSSR count). The predicted molar refractivity (Wildman–Crippen MR) is 116 cm³/mol. The van der Waals surface area contributed by atoms with E-state index in [1.165, 1.54) is 0 Å². The number of amides is 1. The molecule has 3 aromatic carbocycles. The van der Waals surface area contributed by atoms with Crippen molar-refractivity contribution in [1.29, 1.82) is 0 Å². The van der Waals surface area contributed by atoms with Crippen molar-refractivity contribution in [3.63, 3.8) is 0 Å². The highest BCUT2D eigenvalue weighted by Crippen LogP contribution is 2.18. The smallest absolute Gasteiger partial charge is 0.289 e. The molecule has 1 aromatic heterocycles. The average Bonchev–Trinajstić information content (AvgIpc) is 3.30. The molecular weight excluding hydrogens is 376 g/mol. The van der Waals surface area contributed by atoms with Crippen LogP contribution in [0.1, 0.15) is 21.6 Å². The van der Waals surface area contributed by atoms with Crippen LogP contribution in [0.2, 0.25) is 0 Å². The predicted octanol–water partition coefficient (Wildman–Crippen LogP) is 4.42. The van der Waals surface area contributed by atoms with Crippen LogP contribution < -0.4 is 10.2 Å². The highest BCUT2D eigenvalue weighted by molar-refractivity contribution is 5.94. The van der Waals surface area contributed by atoms with Gasteiger partial charge in [0.25, 0.3) is 5.91 Å². The monoisotopic (exact) mass is 396 g/mol. The highest BCUT2D eigenvalue weighted by Gasteiger charge is 2.10. The van der Waals surface area contributed by atoms with Gasteiger partial charge in [-0.25, -0.2) is 5.43 Å². The molecule has 0 saturated heterocycles. The number of H-pyrrole nitrogens is 1. The van der Waals surface area contributed by atoms with E-state index in [2.05, 4.69) is 20.7 Å². The van der Waals surface area contributed by atoms with Crippen molar-refractivity contribution in [3.8, 4) is 17.0 Å². The van der Waals surface area contributed by atoms with Crippen LogP contribution in [-0.2, 0) is 6.61 Å². The fourth-order valence-corrected chi connectivity index (χ4v) is 2.87. The van der Waals surface area contributed by atoms with Crippen LogP contribution in [0.5, 0.6) is 5.75 Å². The lowest BCUT2D eigenvalue weighted by molar-refractivity contribution is 0.0950. The Balaban J connectivity index is 1.39. The van der Waals surface area contributed by atoms with Crippen LogP contribution in [0.15, 0.2) is 96.1 Å². The van der Waals surface area contributed by atoms with Gasteiger partial charge in [-0.1, -0.05) is 72.8 Å². The molecule has 0 unspecified atom stereocenters. The lowest BCUT2D eigenvalue weighted by Crippen LogP contribution is -2.18. The van der Waals surface area contributed by atoms with Crippen molar-refractivity contribution in [2.45, 2.75) is 6.61 Å². The van der Waals surface area contributed by atoms with E-state index in [0.717, 1.165) is 16.7 Å². The third-order valence-electron chi connectivity index (χ3n) is 4.42. The summed E-state index contributed by atoms with van der Waals surface area (Å²) in [6.07, 6.45) is 1.56. The summed E-state index contributed by atoms with van der Waals surface area (Å²) in [5.41, 5.74) is 6.32. The molecule has 0 bridgehead atoms. The van der Waals surface area contributed by atoms with E-state index in [0.29, 0.717) is 23.7 Å². The first-order valence-corrected chi connectivity index (χ1v) is 9.49. The second-order valence-corrected chi connectivity index (χ2v) is 6.54. The third kappa shape index (κ3) is 4.80. The van der Waals surface area contributed by atoms with Crippen molar-refractivity contribution in [2.24, 2.45) is 5.10 Å². The van der Waals surface area contributed by atoms with Crippen LogP contribution >= 0.6 is 0 Å². The topological polar surface area (TPSA) is 79.4 Å². The number of nitrogens with one attached hydrogen (secondary N) is 2. The van der Waals surface area contributed by atoms with Crippen molar-refractivity contribution >= 4 is 12.1 Å². The third-order valence-corrected chi connectivity index (χ3v) is 4.42. The molecule has 1 amide bonds. The number of carbonyl (C=O) groups excluding carboxylic acids is 1. The van der Waals surface area contributed by atoms with Crippen molar-refractivity contribution < 1.29 is 9.53 Å². The van der Waals surface area contributed by atoms with Gasteiger partial charge in [-0.05, 0) is 23.8 Å². The number of hydrogen-bond acceptors (Lipinski definition) is 4. The molecule has 0 aliphatic carbocycles. The van der Waals surface area contributed by atoms with Gasteiger partial charge in [0.1, 0.15) is 18.1 Å². The van der Waals surface area contributed by atoms with E-state index in [1.807, 2.05) is 84.9 Å². The molecule has 6 nitrogen and oxygen atoms in total. The average molecular weight is 396 g/mol. The molecule has 148 valence electrons. The first-order valence-electron chi connectivity index (χ1n) is 9.49. The molecule has 30 heavy (non-hydrogen) atoms. The molecule has 0 fully saturated rings. The quantitative estimate of drug-likeness (QED) is 0.358. The second-order valence-electron chi connectivity index (χ2n) is 6.54. The SMILES string of the molecule is O=C(N/N=C\c1ccccc1OCc1ccccc1)c1cc(-c2ccccc2)n[nH]1. The minimum Gasteiger partial charge on any atom is -0.488 e. The molecule has 1 heterocycles. The van der Waals surface area contributed by atoms with Crippen molar-refractivity contribution in [1.82, 2.24) is 15.6 Å². The molecule has 0 spiro atoms. The van der Waals surface area contributed by atoms with Crippen molar-refractivity contribution in [2.75, 3.05) is 0 Å². The van der Waals surface area contributed by atoms with Gasteiger partial charge >= 0.3 is 0 Å². The Morgan fingerprint density at radius 1 is 0.967 bits per heavy atom. The maximum Gasteiger partial charge on any atom is 0.289 e. The second kappa shape index (κ2) is 9.34. The first kappa shape index (κ1) is 19.1. The summed E-state index contributed by atoms with van der Waals surface area (Å²) in [6, 6.07) is 28.8. The number of benzene rings is 3. The Hall–Kier alpha value is -4.19. The van der Waals surface area contributed by atoms with E-state index in [1.54, 1.807) is 12.3 Å². The number of rotatable bonds is 7. The number of ether oxygens (including phenoxy) is 1. The van der Waals surface area contributed by atoms with Gasteiger partial charge in [-0.3, -0.25) is 9.89 Å². The number of aromatic nitrogens is 2. The van der Waals surface area contributed by atoms with Crippen molar-refractivity contribution in [3.05, 3.63) is 108 Å². The van der Waals surface area contributed by atoms with Crippen LogP contribution in [0.4, 0.5) is 0 Å². The van der Waals surface area contributed by atoms with Gasteiger partial charge in [-0.2, -0.15) is 10.2 Å². The van der Waals surface area contributed by atoms with E-state index in [9.17, 15) is 4.79 Å². The Morgan fingerprint density at radius 2 is 1.67 bits per heavy atom. The van der Waals surface area contributed by atoms with E-state index >= 15 is 0 Å². The van der Waals surface area contributed by atoms with Crippen LogP contribution in [0.25, 0.3) is 11.3 Å². The van der Waals surface area contributed by atoms with Gasteiger partial charge in [0.2, 0.25) is 0 Å². The van der Waals surface area contributed by atoms with E-state index < -0.39 is 0 Å². The summed E-state index contributed by atoms with van der Waals surface area (Å²) < 4.78 is 5.90. The summed E-state index contributed by atoms with van der Waals surface area (Å²) in [5.74, 6) is 0.316. The fraction of sp³-hybridized carbons (Fsp3) is 0.0417. The molecule has 6 heteroatoms. The number of hydrogen-bond donors (Lipinski definition) is 2. The van der Waals surface area contributed by atoms with Crippen LogP contribution in [0.3, 0.4) is 0 Å². The first-order chi connectivity index (χ1) is 14.8. The zero-order chi connectivity index (χ0) is 20.6. The number of nitrogens with zero attached hydrogens (tertiary/aromatic N) is 2. The largest absolute Gasteiger partial charge is 0.488 e. The molecule has 4 aromatic rings. The summed E-state index contributed by atoms with van der Waals surface area (Å²) in [6.45, 7) is 0.453. The molecule has 0 atom stereocenters. The Labute approximate surface area is 174 Å². The van der Waals surface area contributed by atoms with E-state index in [4.69, 9.17) is 4.74 Å². The molecule has 0 aliphatic rings. The lowest BCUT2D eigenvalue weighted by atomic mass is 10.1. The fourth-order valence-electron chi connectivity index (χ4n) is 2.87. The van der Waals surface area contributed by atoms with Gasteiger partial charge < -0.3 is 4.74 Å². The Morgan fingerprint density at radius 3 is 2.47 bits per heavy atom. The minimum absolute atomic E-state index is 0.333. The molecule has 2 N–H and O–H groups in total. The summed E-state index contributed by atoms with van der Waals surface area (Å²) in [5, 5.41) is 11.0. The van der Waals surface area contributed by atoms with Gasteiger partial charge in [-0.15, -0.1) is 0 Å². The van der Waals surface area contributed by atoms with E-state index in [-0.39, 0.29) is 5.91 Å². The summed E-state index contributed by atoms with van der Waals surface area (Å²) >= 11 is 0. The number of carbonyl (C=O) groups is 1. The minimum atomic E-state index is -0.372. The number of aromatic amines is 1. The lowest BCUT2D eigenvalue weighted by Gasteiger charge is -2.08. The molecule has 0 aliphatic heterocycles. The zero-order valence-electron chi connectivity index (χ0n) is 16.2. The number of para-hydroxylation sites is 1. The van der Waals surface area contributed by atoms with Crippen LogP contribution in [-0.4, -0.2) is 22.3 Å². The molecule has 0 radical (unpaired) electrons. The summed E-state index contributed by atoms with van der Waals surface area (Å²) in [7, 11) is 0. The highest BCUT2D eigenvalue weighted by atomic mass is 16.5. The zero-order valence-corrected chi connectivity index (χ0v) is 16.2. The van der Waals surface area contributed by atoms with Crippen LogP contribution in [0, 0.1) is 0 Å². The maximum absolute atomic E-state index is 12.3.